The average molecular weight is 416 g/mol. The fraction of sp³-hybridized carbons (Fsp3) is 1.00. The summed E-state index contributed by atoms with van der Waals surface area (Å²) < 4.78 is 0. The molecule has 4 aliphatic rings. The summed E-state index contributed by atoms with van der Waals surface area (Å²) >= 11 is 0. The summed E-state index contributed by atoms with van der Waals surface area (Å²) in [5.74, 6) is 2.78. The van der Waals surface area contributed by atoms with Crippen molar-refractivity contribution in [2.75, 3.05) is 0 Å². The summed E-state index contributed by atoms with van der Waals surface area (Å²) in [4.78, 5) is 0. The molecule has 4 bridgehead atoms. The van der Waals surface area contributed by atoms with E-state index in [1.54, 1.807) is 0 Å². The van der Waals surface area contributed by atoms with Crippen LogP contribution in [0.4, 0.5) is 0 Å². The molecule has 0 heterocycles. The second kappa shape index (κ2) is 5.66. The maximum Gasteiger partial charge on any atom is 0.154 e. The molecular weight excluding hydrogens is 394 g/mol. The Morgan fingerprint density at radius 2 is 1.24 bits per heavy atom. The number of hydrogen-bond acceptors (Lipinski definition) is 2. The van der Waals surface area contributed by atoms with Crippen LogP contribution in [0.1, 0.15) is 45.4 Å². The first-order valence-electron chi connectivity index (χ1n) is 6.45. The molecule has 2 nitrogen and oxygen atoms in total. The van der Waals surface area contributed by atoms with E-state index in [9.17, 15) is 10.2 Å². The number of rotatable bonds is 2. The maximum atomic E-state index is 9.44. The van der Waals surface area contributed by atoms with E-state index in [4.69, 9.17) is 0 Å². The third-order valence-corrected chi connectivity index (χ3v) is 5.50. The number of aliphatic hydroxyl groups is 2. The van der Waals surface area contributed by atoms with Crippen LogP contribution in [0.3, 0.4) is 0 Å². The fourth-order valence-electron chi connectivity index (χ4n) is 5.05. The van der Waals surface area contributed by atoms with Crippen molar-refractivity contribution in [3.05, 3.63) is 0 Å². The Morgan fingerprint density at radius 3 is 1.53 bits per heavy atom. The molecule has 4 fully saturated rings. The molecule has 4 rings (SSSR count). The molecule has 2 N–H and O–H groups in total. The molecule has 4 saturated carbocycles. The van der Waals surface area contributed by atoms with Crippen LogP contribution in [0.2, 0.25) is 0 Å². The van der Waals surface area contributed by atoms with E-state index >= 15 is 0 Å². The summed E-state index contributed by atoms with van der Waals surface area (Å²) in [5, 5.41) is 18.9. The molecule has 0 saturated heterocycles. The van der Waals surface area contributed by atoms with Crippen LogP contribution >= 0.6 is 0 Å². The van der Waals surface area contributed by atoms with Crippen molar-refractivity contribution in [2.45, 2.75) is 51.7 Å². The van der Waals surface area contributed by atoms with Gasteiger partial charge in [0.1, 0.15) is 0 Å². The molecule has 1 atom stereocenters. The van der Waals surface area contributed by atoms with Gasteiger partial charge in [-0.1, -0.05) is 6.92 Å². The second-order valence-electron chi connectivity index (χ2n) is 6.48. The van der Waals surface area contributed by atoms with Gasteiger partial charge >= 0.3 is 0 Å². The second-order valence-corrected chi connectivity index (χ2v) is 6.48. The Morgan fingerprint density at radius 1 is 0.882 bits per heavy atom. The zero-order valence-corrected chi connectivity index (χ0v) is 13.5. The topological polar surface area (TPSA) is 40.5 Å². The Bertz CT molecular complexity index is 233. The first-order valence-corrected chi connectivity index (χ1v) is 6.45. The van der Waals surface area contributed by atoms with Crippen LogP contribution in [0.5, 0.6) is 0 Å². The van der Waals surface area contributed by atoms with Crippen molar-refractivity contribution in [3.8, 4) is 0 Å². The SMILES string of the molecule is C[C@H](C(O)O)C12CC3CC(CC(C3)C1)C2.[Rh].[Rh]. The molecule has 0 amide bonds. The predicted molar refractivity (Wildman–Crippen MR) is 58.0 cm³/mol. The quantitative estimate of drug-likeness (QED) is 0.535. The van der Waals surface area contributed by atoms with Gasteiger partial charge in [-0.15, -0.1) is 0 Å². The standard InChI is InChI=1S/C13H22O2.2Rh/c1-8(12(14)15)13-5-9-2-10(6-13)4-11(3-9)7-13;;/h8-12,14-15H,2-7H2,1H3;;/t8-,9?,10?,11?,13?;;/m1../s1. The number of aliphatic hydroxyl groups excluding tert-OH is 1. The molecule has 0 spiro atoms. The van der Waals surface area contributed by atoms with Crippen molar-refractivity contribution in [3.63, 3.8) is 0 Å². The van der Waals surface area contributed by atoms with Gasteiger partial charge in [0.2, 0.25) is 0 Å². The zero-order chi connectivity index (χ0) is 10.6. The molecule has 0 unspecified atom stereocenters. The molecule has 4 aliphatic carbocycles. The van der Waals surface area contributed by atoms with Gasteiger partial charge in [0.15, 0.2) is 6.29 Å². The van der Waals surface area contributed by atoms with E-state index < -0.39 is 6.29 Å². The molecule has 104 valence electrons. The Kier molecular flexibility index (Phi) is 5.40. The van der Waals surface area contributed by atoms with E-state index in [0.717, 1.165) is 17.8 Å². The van der Waals surface area contributed by atoms with Crippen molar-refractivity contribution >= 4 is 0 Å². The van der Waals surface area contributed by atoms with Crippen LogP contribution < -0.4 is 0 Å². The minimum absolute atomic E-state index is 0. The smallest absolute Gasteiger partial charge is 0.154 e. The zero-order valence-electron chi connectivity index (χ0n) is 10.2. The minimum Gasteiger partial charge on any atom is -0.368 e. The molecule has 4 heteroatoms. The van der Waals surface area contributed by atoms with Crippen LogP contribution in [0.15, 0.2) is 0 Å². The van der Waals surface area contributed by atoms with Gasteiger partial charge in [0.25, 0.3) is 0 Å². The van der Waals surface area contributed by atoms with Gasteiger partial charge < -0.3 is 10.2 Å². The van der Waals surface area contributed by atoms with Gasteiger partial charge in [-0.25, -0.2) is 0 Å². The molecular formula is C13H22O2Rh2. The summed E-state index contributed by atoms with van der Waals surface area (Å²) in [6.45, 7) is 2.04. The first-order chi connectivity index (χ1) is 7.09. The van der Waals surface area contributed by atoms with Crippen LogP contribution in [0, 0.1) is 29.1 Å². The summed E-state index contributed by atoms with van der Waals surface area (Å²) in [7, 11) is 0. The fourth-order valence-corrected chi connectivity index (χ4v) is 5.05. The third-order valence-electron chi connectivity index (χ3n) is 5.50. The summed E-state index contributed by atoms with van der Waals surface area (Å²) in [5.41, 5.74) is 0.281. The van der Waals surface area contributed by atoms with Gasteiger partial charge in [0, 0.05) is 44.9 Å². The summed E-state index contributed by atoms with van der Waals surface area (Å²) in [6.07, 6.45) is 6.95. The van der Waals surface area contributed by atoms with Crippen LogP contribution in [0.25, 0.3) is 0 Å². The minimum atomic E-state index is -1.11. The third kappa shape index (κ3) is 2.71. The van der Waals surface area contributed by atoms with Crippen molar-refractivity contribution in [2.24, 2.45) is 29.1 Å². The van der Waals surface area contributed by atoms with Gasteiger partial charge in [0.05, 0.1) is 0 Å². The van der Waals surface area contributed by atoms with Crippen molar-refractivity contribution < 1.29 is 49.2 Å². The van der Waals surface area contributed by atoms with Gasteiger partial charge in [-0.2, -0.15) is 0 Å². The monoisotopic (exact) mass is 416 g/mol. The van der Waals surface area contributed by atoms with E-state index in [0.29, 0.717) is 0 Å². The predicted octanol–water partition coefficient (Wildman–Crippen LogP) is 2.14. The van der Waals surface area contributed by atoms with E-state index in [2.05, 4.69) is 0 Å². The largest absolute Gasteiger partial charge is 0.368 e. The van der Waals surface area contributed by atoms with Gasteiger partial charge in [-0.05, 0) is 61.7 Å². The van der Waals surface area contributed by atoms with Crippen molar-refractivity contribution in [1.29, 1.82) is 0 Å². The normalized spacial score (nSPS) is 44.1. The van der Waals surface area contributed by atoms with Crippen LogP contribution in [-0.4, -0.2) is 16.5 Å². The maximum absolute atomic E-state index is 9.44. The molecule has 0 aliphatic heterocycles. The Hall–Kier alpha value is 1.17. The first kappa shape index (κ1) is 16.2. The molecule has 0 aromatic rings. The number of hydrogen-bond donors (Lipinski definition) is 2. The summed E-state index contributed by atoms with van der Waals surface area (Å²) in [6, 6.07) is 0. The average Bonchev–Trinajstić information content (AvgIpc) is 2.14. The van der Waals surface area contributed by atoms with Gasteiger partial charge in [-0.3, -0.25) is 0 Å². The van der Waals surface area contributed by atoms with E-state index in [-0.39, 0.29) is 50.3 Å². The Balaban J connectivity index is 0.000000722. The Labute approximate surface area is 129 Å². The van der Waals surface area contributed by atoms with E-state index in [1.807, 2.05) is 6.92 Å². The molecule has 0 aromatic carbocycles. The van der Waals surface area contributed by atoms with E-state index in [1.165, 1.54) is 38.5 Å². The molecule has 2 radical (unpaired) electrons. The van der Waals surface area contributed by atoms with Crippen molar-refractivity contribution in [1.82, 2.24) is 0 Å². The van der Waals surface area contributed by atoms with Crippen LogP contribution in [-0.2, 0) is 39.0 Å². The molecule has 17 heavy (non-hydrogen) atoms. The molecule has 0 aromatic heterocycles.